The molecule has 10 nitrogen and oxygen atoms in total. The Morgan fingerprint density at radius 2 is 1.53 bits per heavy atom. The first kappa shape index (κ1) is 41.4. The van der Waals surface area contributed by atoms with Gasteiger partial charge in [0.05, 0.1) is 0 Å². The van der Waals surface area contributed by atoms with Crippen LogP contribution in [-0.4, -0.2) is 58.3 Å². The zero-order chi connectivity index (χ0) is 40.7. The average molecular weight is 793 g/mol. The van der Waals surface area contributed by atoms with E-state index in [0.717, 1.165) is 43.4 Å². The van der Waals surface area contributed by atoms with Gasteiger partial charge in [0, 0.05) is 42.7 Å². The van der Waals surface area contributed by atoms with Crippen LogP contribution in [0, 0.1) is 11.7 Å². The van der Waals surface area contributed by atoms with E-state index in [-0.39, 0.29) is 30.2 Å². The molecule has 5 amide bonds. The second-order valence-corrected chi connectivity index (χ2v) is 15.4. The minimum Gasteiger partial charge on any atom is -0.427 e. The summed E-state index contributed by atoms with van der Waals surface area (Å²) >= 11 is 0. The molecule has 0 unspecified atom stereocenters. The van der Waals surface area contributed by atoms with Crippen molar-refractivity contribution < 1.29 is 46.3 Å². The molecule has 2 N–H and O–H groups in total. The van der Waals surface area contributed by atoms with E-state index in [9.17, 15) is 41.5 Å². The maximum atomic E-state index is 13.8. The van der Waals surface area contributed by atoms with Gasteiger partial charge in [-0.2, -0.15) is 13.2 Å². The Morgan fingerprint density at radius 3 is 2.23 bits per heavy atom. The summed E-state index contributed by atoms with van der Waals surface area (Å²) in [4.78, 5) is 66.4. The number of rotatable bonds is 16. The fourth-order valence-electron chi connectivity index (χ4n) is 8.02. The minimum atomic E-state index is -4.82. The molecular formula is C43H48F4N4O6. The molecule has 1 heterocycles. The van der Waals surface area contributed by atoms with Crippen LogP contribution in [0.2, 0.25) is 0 Å². The highest BCUT2D eigenvalue weighted by molar-refractivity contribution is 6.06. The molecule has 3 aliphatic rings. The Labute approximate surface area is 329 Å². The number of alkyl halides is 3. The molecule has 1 saturated heterocycles. The molecule has 0 radical (unpaired) electrons. The number of ether oxygens (including phenoxy) is 1. The van der Waals surface area contributed by atoms with Crippen molar-refractivity contribution in [2.45, 2.75) is 115 Å². The molecule has 2 aliphatic carbocycles. The molecule has 2 fully saturated rings. The topological polar surface area (TPSA) is 125 Å². The summed E-state index contributed by atoms with van der Waals surface area (Å²) in [6.45, 7) is -0.732. The van der Waals surface area contributed by atoms with Gasteiger partial charge in [0.15, 0.2) is 0 Å². The number of hydrogen-bond acceptors (Lipinski definition) is 6. The molecular weight excluding hydrogens is 744 g/mol. The van der Waals surface area contributed by atoms with E-state index in [4.69, 9.17) is 4.74 Å². The normalized spacial score (nSPS) is 18.4. The summed E-state index contributed by atoms with van der Waals surface area (Å²) < 4.78 is 60.4. The van der Waals surface area contributed by atoms with Crippen LogP contribution in [0.4, 0.5) is 33.7 Å². The van der Waals surface area contributed by atoms with Gasteiger partial charge in [-0.05, 0) is 85.2 Å². The van der Waals surface area contributed by atoms with Crippen LogP contribution in [0.25, 0.3) is 0 Å². The van der Waals surface area contributed by atoms with Crippen molar-refractivity contribution in [2.75, 3.05) is 17.2 Å². The summed E-state index contributed by atoms with van der Waals surface area (Å²) in [6.07, 6.45) is 5.29. The Morgan fingerprint density at radius 1 is 0.877 bits per heavy atom. The summed E-state index contributed by atoms with van der Waals surface area (Å²) in [5.41, 5.74) is 1.56. The number of carbonyl (C=O) groups is 5. The van der Waals surface area contributed by atoms with E-state index >= 15 is 0 Å². The lowest BCUT2D eigenvalue weighted by Crippen LogP contribution is -2.51. The smallest absolute Gasteiger partial charge is 0.418 e. The third kappa shape index (κ3) is 10.2. The lowest BCUT2D eigenvalue weighted by atomic mass is 9.94. The first-order valence-corrected chi connectivity index (χ1v) is 19.7. The van der Waals surface area contributed by atoms with Gasteiger partial charge in [-0.25, -0.2) is 14.1 Å². The fourth-order valence-corrected chi connectivity index (χ4v) is 8.02. The van der Waals surface area contributed by atoms with Gasteiger partial charge in [0.25, 0.3) is 5.91 Å². The number of anilines is 2. The minimum absolute atomic E-state index is 0.00741. The second kappa shape index (κ2) is 17.9. The van der Waals surface area contributed by atoms with Gasteiger partial charge >= 0.3 is 12.3 Å². The van der Waals surface area contributed by atoms with Crippen molar-refractivity contribution in [3.63, 3.8) is 0 Å². The van der Waals surface area contributed by atoms with Gasteiger partial charge in [0.1, 0.15) is 18.4 Å². The van der Waals surface area contributed by atoms with Crippen molar-refractivity contribution in [3.05, 3.63) is 94.8 Å². The molecule has 304 valence electrons. The average Bonchev–Trinajstić information content (AvgIpc) is 3.89. The standard InChI is InChI=1S/C43H48F4N4O6/c1-28(43(45,46)47)50(26-31-11-16-33(44)17-12-31)39(54)27-51-40(55)42(57-41(51)56)24-23-32-25-35(20-21-36(32)42)49-38(53)22-15-30-13-18-34(19-14-30)48-37(52)10-4-2-3-7-29-8-5-6-9-29/h11-14,16-21,25,28-29H,2-10,15,22-24,26-27H2,1H3,(H,48,52)(H,49,53)/t28-,42+/m0/s1. The van der Waals surface area contributed by atoms with Crippen molar-refractivity contribution in [1.82, 2.24) is 9.80 Å². The number of hydrogen-bond donors (Lipinski definition) is 2. The number of imide groups is 1. The first-order chi connectivity index (χ1) is 27.2. The molecule has 14 heteroatoms. The molecule has 0 aromatic heterocycles. The van der Waals surface area contributed by atoms with Gasteiger partial charge in [0.2, 0.25) is 23.3 Å². The SMILES string of the molecule is C[C@H](N(Cc1ccc(F)cc1)C(=O)CN1C(=O)O[C@@]2(CCc3cc(NC(=O)CCc4ccc(NC(=O)CCCCCC5CCCC5)cc4)ccc32)C1=O)C(F)(F)F. The fraction of sp³-hybridized carbons (Fsp3) is 0.465. The quantitative estimate of drug-likeness (QED) is 0.111. The molecule has 3 aromatic carbocycles. The molecule has 0 bridgehead atoms. The number of nitrogens with one attached hydrogen (secondary N) is 2. The van der Waals surface area contributed by atoms with E-state index in [0.29, 0.717) is 51.6 Å². The maximum absolute atomic E-state index is 13.8. The first-order valence-electron chi connectivity index (χ1n) is 19.7. The van der Waals surface area contributed by atoms with Crippen molar-refractivity contribution >= 4 is 41.1 Å². The van der Waals surface area contributed by atoms with Crippen LogP contribution in [-0.2, 0) is 48.9 Å². The summed E-state index contributed by atoms with van der Waals surface area (Å²) in [5.74, 6) is -2.00. The van der Waals surface area contributed by atoms with Gasteiger partial charge in [-0.3, -0.25) is 19.2 Å². The summed E-state index contributed by atoms with van der Waals surface area (Å²) in [6, 6.07) is 14.5. The maximum Gasteiger partial charge on any atom is 0.418 e. The number of nitrogens with zero attached hydrogens (tertiary/aromatic N) is 2. The van der Waals surface area contributed by atoms with Crippen LogP contribution < -0.4 is 10.6 Å². The number of amides is 5. The number of fused-ring (bicyclic) bond motifs is 2. The predicted molar refractivity (Wildman–Crippen MR) is 204 cm³/mol. The Balaban J connectivity index is 0.989. The largest absolute Gasteiger partial charge is 0.427 e. The summed E-state index contributed by atoms with van der Waals surface area (Å²) in [7, 11) is 0. The molecule has 1 aliphatic heterocycles. The number of unbranched alkanes of at least 4 members (excludes halogenated alkanes) is 2. The molecule has 57 heavy (non-hydrogen) atoms. The Bertz CT molecular complexity index is 1950. The van der Waals surface area contributed by atoms with Crippen molar-refractivity contribution in [2.24, 2.45) is 5.92 Å². The predicted octanol–water partition coefficient (Wildman–Crippen LogP) is 8.58. The third-order valence-corrected chi connectivity index (χ3v) is 11.3. The van der Waals surface area contributed by atoms with E-state index in [1.807, 2.05) is 24.3 Å². The molecule has 3 aromatic rings. The van der Waals surface area contributed by atoms with E-state index < -0.39 is 54.6 Å². The third-order valence-electron chi connectivity index (χ3n) is 11.3. The number of benzene rings is 3. The highest BCUT2D eigenvalue weighted by atomic mass is 19.4. The van der Waals surface area contributed by atoms with E-state index in [1.54, 1.807) is 18.2 Å². The van der Waals surface area contributed by atoms with Crippen LogP contribution >= 0.6 is 0 Å². The molecule has 1 spiro atoms. The van der Waals surface area contributed by atoms with Crippen LogP contribution in [0.1, 0.15) is 99.8 Å². The van der Waals surface area contributed by atoms with Crippen LogP contribution in [0.5, 0.6) is 0 Å². The van der Waals surface area contributed by atoms with Gasteiger partial charge in [-0.1, -0.05) is 75.3 Å². The van der Waals surface area contributed by atoms with E-state index in [1.165, 1.54) is 50.7 Å². The highest BCUT2D eigenvalue weighted by Gasteiger charge is 2.58. The van der Waals surface area contributed by atoms with Gasteiger partial charge in [-0.15, -0.1) is 0 Å². The number of carbonyl (C=O) groups excluding carboxylic acids is 5. The van der Waals surface area contributed by atoms with Crippen LogP contribution in [0.3, 0.4) is 0 Å². The zero-order valence-electron chi connectivity index (χ0n) is 32.0. The second-order valence-electron chi connectivity index (χ2n) is 15.4. The van der Waals surface area contributed by atoms with Crippen molar-refractivity contribution in [1.29, 1.82) is 0 Å². The monoisotopic (exact) mass is 792 g/mol. The zero-order valence-corrected chi connectivity index (χ0v) is 32.0. The highest BCUT2D eigenvalue weighted by Crippen LogP contribution is 2.46. The lowest BCUT2D eigenvalue weighted by Gasteiger charge is -2.31. The summed E-state index contributed by atoms with van der Waals surface area (Å²) in [5, 5.41) is 5.80. The molecule has 1 saturated carbocycles. The van der Waals surface area contributed by atoms with E-state index in [2.05, 4.69) is 10.6 Å². The number of halogens is 4. The molecule has 2 atom stereocenters. The van der Waals surface area contributed by atoms with Crippen LogP contribution in [0.15, 0.2) is 66.7 Å². The Kier molecular flexibility index (Phi) is 13.0. The lowest BCUT2D eigenvalue weighted by molar-refractivity contribution is -0.187. The molecule has 6 rings (SSSR count). The Hall–Kier alpha value is -5.27. The van der Waals surface area contributed by atoms with Gasteiger partial charge < -0.3 is 20.3 Å². The number of aryl methyl sites for hydroxylation is 2. The van der Waals surface area contributed by atoms with Crippen molar-refractivity contribution in [3.8, 4) is 0 Å².